The summed E-state index contributed by atoms with van der Waals surface area (Å²) < 4.78 is 92.6. The van der Waals surface area contributed by atoms with Crippen LogP contribution in [-0.4, -0.2) is 42.2 Å². The van der Waals surface area contributed by atoms with Crippen molar-refractivity contribution < 1.29 is 30.7 Å². The minimum absolute atomic E-state index is 0.0128. The van der Waals surface area contributed by atoms with Crippen LogP contribution >= 0.6 is 0 Å². The summed E-state index contributed by atoms with van der Waals surface area (Å²) in [6.07, 6.45) is -10.8. The number of benzene rings is 1. The molecule has 2 unspecified atom stereocenters. The summed E-state index contributed by atoms with van der Waals surface area (Å²) in [5.41, 5.74) is -3.52. The summed E-state index contributed by atoms with van der Waals surface area (Å²) in [7, 11) is 0. The lowest BCUT2D eigenvalue weighted by Crippen LogP contribution is -2.50. The van der Waals surface area contributed by atoms with Crippen molar-refractivity contribution in [1.29, 1.82) is 0 Å². The van der Waals surface area contributed by atoms with E-state index >= 15 is 0 Å². The van der Waals surface area contributed by atoms with Crippen LogP contribution in [0.3, 0.4) is 0 Å². The second-order valence-electron chi connectivity index (χ2n) is 7.26. The van der Waals surface area contributed by atoms with Gasteiger partial charge in [-0.15, -0.1) is 0 Å². The highest BCUT2D eigenvalue weighted by Gasteiger charge is 2.73. The Hall–Kier alpha value is -2.08. The lowest BCUT2D eigenvalue weighted by Gasteiger charge is -2.35. The van der Waals surface area contributed by atoms with Crippen molar-refractivity contribution in [1.82, 2.24) is 10.3 Å². The molecule has 2 aliphatic rings. The molecule has 29 heavy (non-hydrogen) atoms. The van der Waals surface area contributed by atoms with Gasteiger partial charge >= 0.3 is 18.0 Å². The Labute approximate surface area is 161 Å². The van der Waals surface area contributed by atoms with Gasteiger partial charge in [0.05, 0.1) is 6.54 Å². The number of amidine groups is 1. The van der Waals surface area contributed by atoms with E-state index in [0.717, 1.165) is 0 Å². The molecule has 0 amide bonds. The third-order valence-corrected chi connectivity index (χ3v) is 5.77. The van der Waals surface area contributed by atoms with E-state index < -0.39 is 23.6 Å². The lowest BCUT2D eigenvalue weighted by molar-refractivity contribution is -0.348. The highest BCUT2D eigenvalue weighted by Crippen LogP contribution is 2.54. The molecule has 1 aromatic rings. The normalized spacial score (nSPS) is 23.7. The van der Waals surface area contributed by atoms with Gasteiger partial charge in [0, 0.05) is 17.5 Å². The minimum atomic E-state index is -6.12. The zero-order valence-corrected chi connectivity index (χ0v) is 15.1. The van der Waals surface area contributed by atoms with E-state index in [-0.39, 0.29) is 18.4 Å². The first-order chi connectivity index (χ1) is 13.4. The molecule has 0 bridgehead atoms. The maximum absolute atomic E-state index is 14.4. The first-order valence-corrected chi connectivity index (χ1v) is 8.87. The molecule has 5 nitrogen and oxygen atoms in total. The molecule has 12 heteroatoms. The minimum Gasteiger partial charge on any atom is -0.321 e. The number of aryl methyl sites for hydroxylation is 1. The molecule has 5 N–H and O–H groups in total. The predicted molar refractivity (Wildman–Crippen MR) is 91.3 cm³/mol. The third kappa shape index (κ3) is 3.52. The first kappa shape index (κ1) is 21.6. The van der Waals surface area contributed by atoms with Crippen LogP contribution in [0.15, 0.2) is 23.3 Å². The van der Waals surface area contributed by atoms with Crippen molar-refractivity contribution in [3.63, 3.8) is 0 Å². The summed E-state index contributed by atoms with van der Waals surface area (Å²) in [5, 5.41) is 3.52. The molecule has 0 spiro atoms. The van der Waals surface area contributed by atoms with Gasteiger partial charge in [-0.3, -0.25) is 4.90 Å². The van der Waals surface area contributed by atoms with Crippen LogP contribution in [0.5, 0.6) is 0 Å². The van der Waals surface area contributed by atoms with Gasteiger partial charge in [0.2, 0.25) is 0 Å². The Balaban J connectivity index is 1.92. The molecule has 1 aromatic carbocycles. The third-order valence-electron chi connectivity index (χ3n) is 5.77. The quantitative estimate of drug-likeness (QED) is 0.228. The number of likely N-dealkylation sites (tertiary alicyclic amines) is 1. The lowest BCUT2D eigenvalue weighted by atomic mass is 9.77. The second-order valence-corrected chi connectivity index (χ2v) is 7.26. The molecular weight excluding hydrogens is 407 g/mol. The van der Waals surface area contributed by atoms with Gasteiger partial charge in [0.25, 0.3) is 0 Å². The van der Waals surface area contributed by atoms with Crippen LogP contribution < -0.4 is 17.1 Å². The SMILES string of the molecule is N/N=C(/CN1CCC2c3ccc(C(F)(C(F)(F)F)C(F)(F)F)cc3CCC21)NN. The fourth-order valence-corrected chi connectivity index (χ4v) is 4.37. The van der Waals surface area contributed by atoms with Crippen molar-refractivity contribution in [3.05, 3.63) is 34.9 Å². The number of hydrogen-bond donors (Lipinski definition) is 3. The molecule has 0 saturated carbocycles. The van der Waals surface area contributed by atoms with Crippen molar-refractivity contribution in [2.24, 2.45) is 16.8 Å². The molecule has 1 saturated heterocycles. The molecule has 1 aliphatic carbocycles. The predicted octanol–water partition coefficient (Wildman–Crippen LogP) is 2.82. The Bertz CT molecular complexity index is 775. The number of alkyl halides is 7. The smallest absolute Gasteiger partial charge is 0.321 e. The van der Waals surface area contributed by atoms with Crippen molar-refractivity contribution in [2.45, 2.75) is 49.2 Å². The van der Waals surface area contributed by atoms with Gasteiger partial charge in [-0.1, -0.05) is 18.2 Å². The highest BCUT2D eigenvalue weighted by molar-refractivity contribution is 5.83. The van der Waals surface area contributed by atoms with Gasteiger partial charge in [-0.25, -0.2) is 10.2 Å². The average molecular weight is 427 g/mol. The summed E-state index contributed by atoms with van der Waals surface area (Å²) >= 11 is 0. The standard InChI is InChI=1S/C17H20F7N5/c18-15(16(19,20)21,17(22,23)24)10-2-3-11-9(7-10)1-4-13-12(11)5-6-29(13)8-14(27-25)28-26/h2-3,7,12-13H,1,4-6,8,25-26H2,(H,27,28). The number of fused-ring (bicyclic) bond motifs is 3. The average Bonchev–Trinajstić information content (AvgIpc) is 3.06. The number of hydrogen-bond acceptors (Lipinski definition) is 4. The zero-order valence-electron chi connectivity index (χ0n) is 15.1. The van der Waals surface area contributed by atoms with Crippen molar-refractivity contribution >= 4 is 5.84 Å². The summed E-state index contributed by atoms with van der Waals surface area (Å²) in [6, 6.07) is 2.51. The first-order valence-electron chi connectivity index (χ1n) is 8.87. The molecule has 0 radical (unpaired) electrons. The van der Waals surface area contributed by atoms with E-state index in [9.17, 15) is 30.7 Å². The number of hydrazine groups is 1. The van der Waals surface area contributed by atoms with E-state index in [1.807, 2.05) is 0 Å². The molecular formula is C17H20F7N5. The molecule has 1 heterocycles. The molecule has 162 valence electrons. The zero-order chi connectivity index (χ0) is 21.6. The summed E-state index contributed by atoms with van der Waals surface area (Å²) in [6.45, 7) is 0.979. The maximum atomic E-state index is 14.4. The summed E-state index contributed by atoms with van der Waals surface area (Å²) in [4.78, 5) is 2.05. The Kier molecular flexibility index (Phi) is 5.45. The number of hydrazone groups is 1. The van der Waals surface area contributed by atoms with E-state index in [0.29, 0.717) is 55.0 Å². The van der Waals surface area contributed by atoms with E-state index in [2.05, 4.69) is 15.4 Å². The molecule has 0 aromatic heterocycles. The largest absolute Gasteiger partial charge is 0.435 e. The molecule has 1 aliphatic heterocycles. The van der Waals surface area contributed by atoms with Crippen LogP contribution in [0.25, 0.3) is 0 Å². The van der Waals surface area contributed by atoms with Gasteiger partial charge < -0.3 is 11.3 Å². The Morgan fingerprint density at radius 2 is 1.76 bits per heavy atom. The molecule has 2 atom stereocenters. The van der Waals surface area contributed by atoms with Crippen molar-refractivity contribution in [2.75, 3.05) is 13.1 Å². The maximum Gasteiger partial charge on any atom is 0.435 e. The number of nitrogens with one attached hydrogen (secondary N) is 1. The monoisotopic (exact) mass is 427 g/mol. The topological polar surface area (TPSA) is 79.7 Å². The van der Waals surface area contributed by atoms with Crippen LogP contribution in [0, 0.1) is 0 Å². The van der Waals surface area contributed by atoms with Gasteiger partial charge in [-0.2, -0.15) is 31.4 Å². The molecule has 3 rings (SSSR count). The summed E-state index contributed by atoms with van der Waals surface area (Å²) in [5.74, 6) is 10.8. The number of rotatable bonds is 3. The number of nitrogens with two attached hydrogens (primary N) is 2. The van der Waals surface area contributed by atoms with Crippen molar-refractivity contribution in [3.8, 4) is 0 Å². The molecule has 1 fully saturated rings. The van der Waals surface area contributed by atoms with Gasteiger partial charge in [0.1, 0.15) is 5.84 Å². The van der Waals surface area contributed by atoms with E-state index in [4.69, 9.17) is 11.7 Å². The van der Waals surface area contributed by atoms with Gasteiger partial charge in [0.15, 0.2) is 0 Å². The number of halogens is 7. The van der Waals surface area contributed by atoms with Gasteiger partial charge in [-0.05, 0) is 36.9 Å². The van der Waals surface area contributed by atoms with Crippen LogP contribution in [0.1, 0.15) is 35.4 Å². The Morgan fingerprint density at radius 3 is 2.31 bits per heavy atom. The van der Waals surface area contributed by atoms with Crippen LogP contribution in [-0.2, 0) is 12.1 Å². The van der Waals surface area contributed by atoms with Crippen LogP contribution in [0.2, 0.25) is 0 Å². The van der Waals surface area contributed by atoms with E-state index in [1.54, 1.807) is 0 Å². The fourth-order valence-electron chi connectivity index (χ4n) is 4.37. The number of nitrogens with zero attached hydrogens (tertiary/aromatic N) is 2. The fraction of sp³-hybridized carbons (Fsp3) is 0.588. The van der Waals surface area contributed by atoms with E-state index in [1.165, 1.54) is 6.07 Å². The Morgan fingerprint density at radius 1 is 1.10 bits per heavy atom. The second kappa shape index (κ2) is 7.31. The van der Waals surface area contributed by atoms with Crippen LogP contribution in [0.4, 0.5) is 30.7 Å². The highest BCUT2D eigenvalue weighted by atomic mass is 19.4.